The normalized spacial score (nSPS) is 11.4. The van der Waals surface area contributed by atoms with Crippen molar-refractivity contribution in [3.8, 4) is 0 Å². The molecule has 4 heteroatoms. The van der Waals surface area contributed by atoms with Crippen LogP contribution in [-0.2, 0) is 10.2 Å². The van der Waals surface area contributed by atoms with Crippen molar-refractivity contribution in [2.24, 2.45) is 0 Å². The Balaban J connectivity index is 2.52. The summed E-state index contributed by atoms with van der Waals surface area (Å²) in [5.41, 5.74) is 0.422. The van der Waals surface area contributed by atoms with Crippen LogP contribution in [0.25, 0.3) is 0 Å². The molecule has 1 aromatic rings. The van der Waals surface area contributed by atoms with Crippen LogP contribution < -0.4 is 10.6 Å². The molecule has 1 rings (SSSR count). The Labute approximate surface area is 120 Å². The van der Waals surface area contributed by atoms with Crippen LogP contribution in [0.1, 0.15) is 32.8 Å². The molecule has 0 aliphatic carbocycles. The summed E-state index contributed by atoms with van der Waals surface area (Å²) in [6, 6.07) is 7.43. The van der Waals surface area contributed by atoms with Crippen LogP contribution in [0.2, 0.25) is 5.02 Å². The fourth-order valence-corrected chi connectivity index (χ4v) is 1.91. The summed E-state index contributed by atoms with van der Waals surface area (Å²) in [6.07, 6.45) is 1.10. The maximum atomic E-state index is 12.2. The molecule has 2 N–H and O–H groups in total. The third-order valence-electron chi connectivity index (χ3n) is 3.15. The fraction of sp³-hybridized carbons (Fsp3) is 0.533. The van der Waals surface area contributed by atoms with E-state index in [9.17, 15) is 4.79 Å². The van der Waals surface area contributed by atoms with Crippen LogP contribution in [0.4, 0.5) is 0 Å². The molecular weight excluding hydrogens is 260 g/mol. The smallest absolute Gasteiger partial charge is 0.230 e. The second-order valence-electron chi connectivity index (χ2n) is 5.14. The summed E-state index contributed by atoms with van der Waals surface area (Å²) >= 11 is 5.86. The zero-order chi connectivity index (χ0) is 14.3. The molecule has 0 aromatic heterocycles. The Bertz CT molecular complexity index is 401. The van der Waals surface area contributed by atoms with E-state index in [0.717, 1.165) is 25.1 Å². The van der Waals surface area contributed by atoms with Gasteiger partial charge >= 0.3 is 0 Å². The number of carbonyl (C=O) groups excluding carboxylic acids is 1. The topological polar surface area (TPSA) is 41.1 Å². The highest BCUT2D eigenvalue weighted by Crippen LogP contribution is 2.24. The molecule has 3 nitrogen and oxygen atoms in total. The number of carbonyl (C=O) groups is 1. The minimum absolute atomic E-state index is 0.0353. The van der Waals surface area contributed by atoms with Gasteiger partial charge in [-0.25, -0.2) is 0 Å². The van der Waals surface area contributed by atoms with Crippen molar-refractivity contribution in [2.45, 2.75) is 32.6 Å². The number of amides is 1. The van der Waals surface area contributed by atoms with Crippen molar-refractivity contribution in [3.63, 3.8) is 0 Å². The number of hydrogen-bond donors (Lipinski definition) is 2. The molecule has 0 aliphatic rings. The van der Waals surface area contributed by atoms with Gasteiger partial charge in [0.25, 0.3) is 0 Å². The Morgan fingerprint density at radius 2 is 1.79 bits per heavy atom. The molecule has 1 amide bonds. The number of rotatable bonds is 7. The lowest BCUT2D eigenvalue weighted by atomic mass is 9.84. The molecular formula is C15H23ClN2O. The third-order valence-corrected chi connectivity index (χ3v) is 3.40. The van der Waals surface area contributed by atoms with Crippen molar-refractivity contribution in [1.82, 2.24) is 10.6 Å². The highest BCUT2D eigenvalue weighted by Gasteiger charge is 2.29. The monoisotopic (exact) mass is 282 g/mol. The van der Waals surface area contributed by atoms with E-state index in [1.807, 2.05) is 38.1 Å². The Morgan fingerprint density at radius 1 is 1.16 bits per heavy atom. The van der Waals surface area contributed by atoms with Crippen LogP contribution in [-0.4, -0.2) is 25.5 Å². The SMILES string of the molecule is CCCNCCNC(=O)C(C)(C)c1ccc(Cl)cc1. The standard InChI is InChI=1S/C15H23ClN2O/c1-4-9-17-10-11-18-14(19)15(2,3)12-5-7-13(16)8-6-12/h5-8,17H,4,9-11H2,1-3H3,(H,18,19). The fourth-order valence-electron chi connectivity index (χ4n) is 1.78. The average molecular weight is 283 g/mol. The number of nitrogens with one attached hydrogen (secondary N) is 2. The van der Waals surface area contributed by atoms with Gasteiger partial charge in [0.1, 0.15) is 0 Å². The van der Waals surface area contributed by atoms with Gasteiger partial charge < -0.3 is 10.6 Å². The number of halogens is 1. The average Bonchev–Trinajstić information content (AvgIpc) is 2.38. The largest absolute Gasteiger partial charge is 0.354 e. The van der Waals surface area contributed by atoms with E-state index in [1.165, 1.54) is 0 Å². The Kier molecular flexibility index (Phi) is 6.32. The molecule has 0 saturated carbocycles. The van der Waals surface area contributed by atoms with E-state index in [1.54, 1.807) is 0 Å². The molecule has 0 unspecified atom stereocenters. The van der Waals surface area contributed by atoms with E-state index in [-0.39, 0.29) is 5.91 Å². The molecule has 1 aromatic carbocycles. The van der Waals surface area contributed by atoms with Gasteiger partial charge in [0.05, 0.1) is 5.41 Å². The quantitative estimate of drug-likeness (QED) is 0.755. The minimum Gasteiger partial charge on any atom is -0.354 e. The zero-order valence-corrected chi connectivity index (χ0v) is 12.7. The Morgan fingerprint density at radius 3 is 2.37 bits per heavy atom. The predicted molar refractivity (Wildman–Crippen MR) is 80.6 cm³/mol. The lowest BCUT2D eigenvalue weighted by Gasteiger charge is -2.24. The number of benzene rings is 1. The first-order valence-electron chi connectivity index (χ1n) is 6.73. The van der Waals surface area contributed by atoms with Gasteiger partial charge in [-0.05, 0) is 44.5 Å². The molecule has 0 spiro atoms. The molecule has 19 heavy (non-hydrogen) atoms. The summed E-state index contributed by atoms with van der Waals surface area (Å²) in [6.45, 7) is 8.40. The van der Waals surface area contributed by atoms with Crippen LogP contribution in [0.3, 0.4) is 0 Å². The van der Waals surface area contributed by atoms with Crippen molar-refractivity contribution in [2.75, 3.05) is 19.6 Å². The molecule has 0 heterocycles. The number of hydrogen-bond acceptors (Lipinski definition) is 2. The molecule has 0 atom stereocenters. The predicted octanol–water partition coefficient (Wildman–Crippen LogP) is 2.73. The minimum atomic E-state index is -0.546. The van der Waals surface area contributed by atoms with Gasteiger partial charge in [-0.15, -0.1) is 0 Å². The van der Waals surface area contributed by atoms with Gasteiger partial charge in [-0.2, -0.15) is 0 Å². The zero-order valence-electron chi connectivity index (χ0n) is 11.9. The van der Waals surface area contributed by atoms with Gasteiger partial charge in [0.15, 0.2) is 0 Å². The molecule has 106 valence electrons. The van der Waals surface area contributed by atoms with E-state index >= 15 is 0 Å². The summed E-state index contributed by atoms with van der Waals surface area (Å²) in [5.74, 6) is 0.0353. The van der Waals surface area contributed by atoms with Crippen molar-refractivity contribution < 1.29 is 4.79 Å². The highest BCUT2D eigenvalue weighted by atomic mass is 35.5. The third kappa shape index (κ3) is 4.84. The van der Waals surface area contributed by atoms with Crippen LogP contribution in [0.5, 0.6) is 0 Å². The highest BCUT2D eigenvalue weighted by molar-refractivity contribution is 6.30. The molecule has 0 radical (unpaired) electrons. The van der Waals surface area contributed by atoms with Gasteiger partial charge in [-0.3, -0.25) is 4.79 Å². The summed E-state index contributed by atoms with van der Waals surface area (Å²) < 4.78 is 0. The molecule has 0 saturated heterocycles. The van der Waals surface area contributed by atoms with Gasteiger partial charge in [0, 0.05) is 18.1 Å². The van der Waals surface area contributed by atoms with Crippen molar-refractivity contribution in [3.05, 3.63) is 34.9 Å². The van der Waals surface area contributed by atoms with Crippen molar-refractivity contribution >= 4 is 17.5 Å². The van der Waals surface area contributed by atoms with E-state index in [2.05, 4.69) is 17.6 Å². The van der Waals surface area contributed by atoms with Crippen LogP contribution in [0, 0.1) is 0 Å². The summed E-state index contributed by atoms with van der Waals surface area (Å²) in [7, 11) is 0. The van der Waals surface area contributed by atoms with Crippen molar-refractivity contribution in [1.29, 1.82) is 0 Å². The van der Waals surface area contributed by atoms with Gasteiger partial charge in [0.2, 0.25) is 5.91 Å². The summed E-state index contributed by atoms with van der Waals surface area (Å²) in [5, 5.41) is 6.90. The first kappa shape index (κ1) is 16.0. The second-order valence-corrected chi connectivity index (χ2v) is 5.57. The van der Waals surface area contributed by atoms with E-state index in [0.29, 0.717) is 11.6 Å². The molecule has 0 fully saturated rings. The lowest BCUT2D eigenvalue weighted by Crippen LogP contribution is -2.42. The second kappa shape index (κ2) is 7.51. The van der Waals surface area contributed by atoms with E-state index < -0.39 is 5.41 Å². The maximum absolute atomic E-state index is 12.2. The van der Waals surface area contributed by atoms with E-state index in [4.69, 9.17) is 11.6 Å². The Hall–Kier alpha value is -1.06. The summed E-state index contributed by atoms with van der Waals surface area (Å²) in [4.78, 5) is 12.2. The van der Waals surface area contributed by atoms with Crippen LogP contribution >= 0.6 is 11.6 Å². The molecule has 0 bridgehead atoms. The maximum Gasteiger partial charge on any atom is 0.230 e. The van der Waals surface area contributed by atoms with Crippen LogP contribution in [0.15, 0.2) is 24.3 Å². The first-order chi connectivity index (χ1) is 8.98. The lowest BCUT2D eigenvalue weighted by molar-refractivity contribution is -0.125. The van der Waals surface area contributed by atoms with Gasteiger partial charge in [-0.1, -0.05) is 30.7 Å². The first-order valence-corrected chi connectivity index (χ1v) is 7.11. The molecule has 0 aliphatic heterocycles.